The standard InChI is InChI=1S/C11H14F3N3O/c12-11(13,14)7-10(18)17-6-1-3-9(17)8-16-5-2-4-15-16/h2,4-5,9H,1,3,6-8H2/t9-/m0/s1. The summed E-state index contributed by atoms with van der Waals surface area (Å²) in [4.78, 5) is 12.9. The van der Waals surface area contributed by atoms with Gasteiger partial charge in [0.1, 0.15) is 6.42 Å². The molecule has 1 fully saturated rings. The molecule has 7 heteroatoms. The highest BCUT2D eigenvalue weighted by Crippen LogP contribution is 2.25. The van der Waals surface area contributed by atoms with Crippen LogP contribution >= 0.6 is 0 Å². The maximum absolute atomic E-state index is 12.2. The van der Waals surface area contributed by atoms with Crippen LogP contribution in [0.1, 0.15) is 19.3 Å². The molecular formula is C11H14F3N3O. The van der Waals surface area contributed by atoms with E-state index in [1.165, 1.54) is 4.90 Å². The summed E-state index contributed by atoms with van der Waals surface area (Å²) in [5.41, 5.74) is 0. The molecule has 0 radical (unpaired) electrons. The zero-order chi connectivity index (χ0) is 13.2. The smallest absolute Gasteiger partial charge is 0.338 e. The Morgan fingerprint density at radius 2 is 2.22 bits per heavy atom. The van der Waals surface area contributed by atoms with Gasteiger partial charge in [-0.1, -0.05) is 0 Å². The Morgan fingerprint density at radius 1 is 1.44 bits per heavy atom. The minimum absolute atomic E-state index is 0.181. The third kappa shape index (κ3) is 3.24. The van der Waals surface area contributed by atoms with Crippen LogP contribution in [-0.2, 0) is 11.3 Å². The minimum Gasteiger partial charge on any atom is -0.338 e. The van der Waals surface area contributed by atoms with Crippen LogP contribution in [0, 0.1) is 0 Å². The molecule has 0 unspecified atom stereocenters. The van der Waals surface area contributed by atoms with E-state index in [2.05, 4.69) is 5.10 Å². The number of amides is 1. The first-order valence-corrected chi connectivity index (χ1v) is 5.79. The number of aromatic nitrogens is 2. The molecule has 0 aromatic carbocycles. The fourth-order valence-corrected chi connectivity index (χ4v) is 2.25. The Bertz CT molecular complexity index is 402. The molecule has 1 aliphatic rings. The predicted molar refractivity (Wildman–Crippen MR) is 57.6 cm³/mol. The van der Waals surface area contributed by atoms with Crippen LogP contribution < -0.4 is 0 Å². The number of hydrogen-bond acceptors (Lipinski definition) is 2. The number of rotatable bonds is 3. The van der Waals surface area contributed by atoms with Crippen LogP contribution in [-0.4, -0.2) is 39.4 Å². The average molecular weight is 261 g/mol. The highest BCUT2D eigenvalue weighted by atomic mass is 19.4. The zero-order valence-corrected chi connectivity index (χ0v) is 9.73. The molecular weight excluding hydrogens is 247 g/mol. The Labute approximate surface area is 102 Å². The van der Waals surface area contributed by atoms with E-state index in [1.807, 2.05) is 0 Å². The lowest BCUT2D eigenvalue weighted by Crippen LogP contribution is -2.40. The van der Waals surface area contributed by atoms with Crippen LogP contribution in [0.15, 0.2) is 18.5 Å². The summed E-state index contributed by atoms with van der Waals surface area (Å²) in [5, 5.41) is 4.00. The van der Waals surface area contributed by atoms with Crippen molar-refractivity contribution in [2.75, 3.05) is 6.54 Å². The van der Waals surface area contributed by atoms with Crippen molar-refractivity contribution in [1.29, 1.82) is 0 Å². The molecule has 0 N–H and O–H groups in total. The Hall–Kier alpha value is -1.53. The molecule has 1 atom stereocenters. The van der Waals surface area contributed by atoms with E-state index in [0.29, 0.717) is 13.1 Å². The molecule has 1 saturated heterocycles. The highest BCUT2D eigenvalue weighted by Gasteiger charge is 2.37. The first kappa shape index (κ1) is 12.9. The number of alkyl halides is 3. The van der Waals surface area contributed by atoms with E-state index in [-0.39, 0.29) is 6.04 Å². The number of halogens is 3. The summed E-state index contributed by atoms with van der Waals surface area (Å²) in [5.74, 6) is -0.836. The second-order valence-corrected chi connectivity index (χ2v) is 4.40. The Balaban J connectivity index is 1.97. The van der Waals surface area contributed by atoms with Gasteiger partial charge in [-0.25, -0.2) is 0 Å². The van der Waals surface area contributed by atoms with Gasteiger partial charge in [0.05, 0.1) is 12.6 Å². The van der Waals surface area contributed by atoms with Crippen LogP contribution in [0.4, 0.5) is 13.2 Å². The lowest BCUT2D eigenvalue weighted by Gasteiger charge is -2.25. The summed E-state index contributed by atoms with van der Waals surface area (Å²) in [6, 6.07) is 1.57. The van der Waals surface area contributed by atoms with Crippen molar-refractivity contribution in [3.05, 3.63) is 18.5 Å². The molecule has 1 aromatic heterocycles. The van der Waals surface area contributed by atoms with Gasteiger partial charge in [0.15, 0.2) is 0 Å². The van der Waals surface area contributed by atoms with Crippen molar-refractivity contribution >= 4 is 5.91 Å². The van der Waals surface area contributed by atoms with Crippen LogP contribution in [0.25, 0.3) is 0 Å². The summed E-state index contributed by atoms with van der Waals surface area (Å²) in [6.45, 7) is 0.859. The molecule has 1 aliphatic heterocycles. The number of likely N-dealkylation sites (tertiary alicyclic amines) is 1. The molecule has 0 aliphatic carbocycles. The molecule has 0 bridgehead atoms. The van der Waals surface area contributed by atoms with E-state index in [9.17, 15) is 18.0 Å². The highest BCUT2D eigenvalue weighted by molar-refractivity contribution is 5.77. The lowest BCUT2D eigenvalue weighted by atomic mass is 10.2. The summed E-state index contributed by atoms with van der Waals surface area (Å²) in [6.07, 6.45) is -0.987. The maximum Gasteiger partial charge on any atom is 0.397 e. The first-order valence-electron chi connectivity index (χ1n) is 5.79. The van der Waals surface area contributed by atoms with Crippen molar-refractivity contribution in [1.82, 2.24) is 14.7 Å². The third-order valence-electron chi connectivity index (χ3n) is 3.01. The normalized spacial score (nSPS) is 20.4. The predicted octanol–water partition coefficient (Wildman–Crippen LogP) is 1.83. The van der Waals surface area contributed by atoms with Gasteiger partial charge in [-0.05, 0) is 18.9 Å². The van der Waals surface area contributed by atoms with Crippen molar-refractivity contribution in [3.63, 3.8) is 0 Å². The maximum atomic E-state index is 12.2. The molecule has 1 amide bonds. The average Bonchev–Trinajstić information content (AvgIpc) is 2.86. The van der Waals surface area contributed by atoms with Gasteiger partial charge in [0, 0.05) is 18.9 Å². The fourth-order valence-electron chi connectivity index (χ4n) is 2.25. The molecule has 0 spiro atoms. The molecule has 0 saturated carbocycles. The van der Waals surface area contributed by atoms with Gasteiger partial charge in [-0.3, -0.25) is 9.48 Å². The van der Waals surface area contributed by atoms with Gasteiger partial charge in [-0.2, -0.15) is 18.3 Å². The van der Waals surface area contributed by atoms with Gasteiger partial charge in [0.25, 0.3) is 0 Å². The first-order chi connectivity index (χ1) is 8.46. The van der Waals surface area contributed by atoms with Gasteiger partial charge >= 0.3 is 6.18 Å². The van der Waals surface area contributed by atoms with Gasteiger partial charge in [-0.15, -0.1) is 0 Å². The molecule has 100 valence electrons. The van der Waals surface area contributed by atoms with E-state index >= 15 is 0 Å². The number of carbonyl (C=O) groups is 1. The number of nitrogens with zero attached hydrogens (tertiary/aromatic N) is 3. The second-order valence-electron chi connectivity index (χ2n) is 4.40. The van der Waals surface area contributed by atoms with Crippen molar-refractivity contribution in [2.45, 2.75) is 38.0 Å². The zero-order valence-electron chi connectivity index (χ0n) is 9.73. The molecule has 2 rings (SSSR count). The third-order valence-corrected chi connectivity index (χ3v) is 3.01. The van der Waals surface area contributed by atoms with E-state index < -0.39 is 18.5 Å². The SMILES string of the molecule is O=C(CC(F)(F)F)N1CCC[C@H]1Cn1cccn1. The number of carbonyl (C=O) groups excluding carboxylic acids is 1. The fraction of sp³-hybridized carbons (Fsp3) is 0.636. The van der Waals surface area contributed by atoms with E-state index in [4.69, 9.17) is 0 Å². The lowest BCUT2D eigenvalue weighted by molar-refractivity contribution is -0.162. The largest absolute Gasteiger partial charge is 0.397 e. The second kappa shape index (κ2) is 4.99. The summed E-state index contributed by atoms with van der Waals surface area (Å²) < 4.78 is 38.2. The number of hydrogen-bond donors (Lipinski definition) is 0. The van der Waals surface area contributed by atoms with Gasteiger partial charge in [0.2, 0.25) is 5.91 Å². The quantitative estimate of drug-likeness (QED) is 0.832. The Morgan fingerprint density at radius 3 is 2.83 bits per heavy atom. The van der Waals surface area contributed by atoms with Crippen molar-refractivity contribution in [3.8, 4) is 0 Å². The summed E-state index contributed by atoms with van der Waals surface area (Å²) in [7, 11) is 0. The molecule has 2 heterocycles. The molecule has 18 heavy (non-hydrogen) atoms. The van der Waals surface area contributed by atoms with Gasteiger partial charge < -0.3 is 4.90 Å². The Kier molecular flexibility index (Phi) is 3.58. The topological polar surface area (TPSA) is 38.1 Å². The van der Waals surface area contributed by atoms with E-state index in [1.54, 1.807) is 23.1 Å². The minimum atomic E-state index is -4.43. The van der Waals surface area contributed by atoms with Crippen LogP contribution in [0.3, 0.4) is 0 Å². The molecule has 4 nitrogen and oxygen atoms in total. The van der Waals surface area contributed by atoms with Crippen molar-refractivity contribution in [2.24, 2.45) is 0 Å². The monoisotopic (exact) mass is 261 g/mol. The van der Waals surface area contributed by atoms with Crippen LogP contribution in [0.2, 0.25) is 0 Å². The van der Waals surface area contributed by atoms with Crippen molar-refractivity contribution < 1.29 is 18.0 Å². The summed E-state index contributed by atoms with van der Waals surface area (Å²) >= 11 is 0. The molecule has 1 aromatic rings. The van der Waals surface area contributed by atoms with E-state index in [0.717, 1.165) is 12.8 Å². The van der Waals surface area contributed by atoms with Crippen LogP contribution in [0.5, 0.6) is 0 Å².